The first-order valence-corrected chi connectivity index (χ1v) is 3.21. The predicted molar refractivity (Wildman–Crippen MR) is 33.8 cm³/mol. The molecule has 1 fully saturated rings. The highest BCUT2D eigenvalue weighted by Gasteiger charge is 2.19. The van der Waals surface area contributed by atoms with E-state index in [0.717, 1.165) is 5.92 Å². The van der Waals surface area contributed by atoms with Crippen LogP contribution in [0, 0.1) is 5.92 Å². The van der Waals surface area contributed by atoms with Crippen LogP contribution in [-0.4, -0.2) is 7.28 Å². The Morgan fingerprint density at radius 1 is 1.57 bits per heavy atom. The second-order valence-electron chi connectivity index (χ2n) is 2.43. The Morgan fingerprint density at radius 2 is 2.29 bits per heavy atom. The van der Waals surface area contributed by atoms with Crippen LogP contribution in [0.15, 0.2) is 0 Å². The molecule has 0 atom stereocenters. The van der Waals surface area contributed by atoms with Crippen molar-refractivity contribution in [3.8, 4) is 0 Å². The van der Waals surface area contributed by atoms with E-state index in [1.54, 1.807) is 0 Å². The average Bonchev–Trinajstić information content (AvgIpc) is 2.42. The predicted octanol–water partition coefficient (Wildman–Crippen LogP) is 1.96. The van der Waals surface area contributed by atoms with Crippen molar-refractivity contribution in [1.82, 2.24) is 0 Å². The molecule has 0 N–H and O–H groups in total. The van der Waals surface area contributed by atoms with Crippen LogP contribution < -0.4 is 0 Å². The first kappa shape index (κ1) is 5.21. The van der Waals surface area contributed by atoms with E-state index in [1.807, 2.05) is 0 Å². The van der Waals surface area contributed by atoms with Gasteiger partial charge in [0.15, 0.2) is 0 Å². The summed E-state index contributed by atoms with van der Waals surface area (Å²) in [5.74, 6) is 1.12. The molecule has 0 aliphatic heterocycles. The van der Waals surface area contributed by atoms with Gasteiger partial charge in [-0.25, -0.2) is 0 Å². The molecule has 0 amide bonds. The van der Waals surface area contributed by atoms with Crippen LogP contribution in [0.1, 0.15) is 19.3 Å². The highest BCUT2D eigenvalue weighted by Crippen LogP contribution is 2.33. The summed E-state index contributed by atoms with van der Waals surface area (Å²) in [6, 6.07) is 0. The molecule has 0 aromatic carbocycles. The topological polar surface area (TPSA) is 0 Å². The molecule has 1 heteroatoms. The smallest absolute Gasteiger partial charge is 0.0920 e. The molecule has 39 valence electrons. The molecule has 1 aliphatic carbocycles. The third kappa shape index (κ3) is 2.01. The van der Waals surface area contributed by atoms with Gasteiger partial charge in [0.25, 0.3) is 0 Å². The van der Waals surface area contributed by atoms with E-state index in [1.165, 1.54) is 25.6 Å². The monoisotopic (exact) mass is 95.1 g/mol. The Labute approximate surface area is 46.5 Å². The molecule has 0 bridgehead atoms. The van der Waals surface area contributed by atoms with Gasteiger partial charge in [0, 0.05) is 0 Å². The summed E-state index contributed by atoms with van der Waals surface area (Å²) in [4.78, 5) is 0. The summed E-state index contributed by atoms with van der Waals surface area (Å²) in [7, 11) is 2.26. The van der Waals surface area contributed by atoms with Gasteiger partial charge >= 0.3 is 0 Å². The zero-order valence-electron chi connectivity index (χ0n) is 4.98. The zero-order chi connectivity index (χ0) is 5.11. The number of hydrogen-bond acceptors (Lipinski definition) is 0. The third-order valence-corrected chi connectivity index (χ3v) is 1.56. The Bertz CT molecular complexity index is 48.1. The Hall–Kier alpha value is 0.0649. The Kier molecular flexibility index (Phi) is 1.78. The SMILES string of the molecule is C[B]CCC1CC1. The quantitative estimate of drug-likeness (QED) is 0.470. The highest BCUT2D eigenvalue weighted by atomic mass is 14.2. The van der Waals surface area contributed by atoms with Gasteiger partial charge in [-0.2, -0.15) is 0 Å². The van der Waals surface area contributed by atoms with E-state index in [-0.39, 0.29) is 0 Å². The molecular formula is C6H12B. The second-order valence-corrected chi connectivity index (χ2v) is 2.43. The van der Waals surface area contributed by atoms with Gasteiger partial charge in [-0.15, -0.1) is 0 Å². The first-order valence-electron chi connectivity index (χ1n) is 3.21. The van der Waals surface area contributed by atoms with Gasteiger partial charge in [-0.05, 0) is 5.92 Å². The molecule has 0 nitrogen and oxygen atoms in total. The minimum absolute atomic E-state index is 1.12. The van der Waals surface area contributed by atoms with Crippen molar-refractivity contribution in [3.05, 3.63) is 0 Å². The third-order valence-electron chi connectivity index (χ3n) is 1.56. The van der Waals surface area contributed by atoms with Gasteiger partial charge < -0.3 is 0 Å². The highest BCUT2D eigenvalue weighted by molar-refractivity contribution is 6.33. The van der Waals surface area contributed by atoms with Crippen molar-refractivity contribution < 1.29 is 0 Å². The van der Waals surface area contributed by atoms with Crippen LogP contribution in [0.2, 0.25) is 13.1 Å². The lowest BCUT2D eigenvalue weighted by Crippen LogP contribution is -1.80. The summed E-state index contributed by atoms with van der Waals surface area (Å²) in [6.07, 6.45) is 5.81. The zero-order valence-corrected chi connectivity index (χ0v) is 4.98. The van der Waals surface area contributed by atoms with Crippen LogP contribution in [0.5, 0.6) is 0 Å². The van der Waals surface area contributed by atoms with E-state index in [4.69, 9.17) is 0 Å². The maximum absolute atomic E-state index is 2.26. The molecule has 7 heavy (non-hydrogen) atoms. The number of rotatable bonds is 3. The summed E-state index contributed by atoms with van der Waals surface area (Å²) < 4.78 is 0. The Morgan fingerprint density at radius 3 is 2.71 bits per heavy atom. The molecular weight excluding hydrogens is 82.9 g/mol. The van der Waals surface area contributed by atoms with Crippen LogP contribution in [0.3, 0.4) is 0 Å². The van der Waals surface area contributed by atoms with Gasteiger partial charge in [0.05, 0.1) is 0 Å². The van der Waals surface area contributed by atoms with Crippen LogP contribution in [0.4, 0.5) is 0 Å². The molecule has 0 aromatic rings. The molecule has 1 rings (SSSR count). The summed E-state index contributed by atoms with van der Waals surface area (Å²) in [5, 5.41) is 0. The van der Waals surface area contributed by atoms with Crippen molar-refractivity contribution in [1.29, 1.82) is 0 Å². The van der Waals surface area contributed by atoms with E-state index in [0.29, 0.717) is 0 Å². The lowest BCUT2D eigenvalue weighted by atomic mass is 9.76. The van der Waals surface area contributed by atoms with Crippen molar-refractivity contribution in [3.63, 3.8) is 0 Å². The number of hydrogen-bond donors (Lipinski definition) is 0. The van der Waals surface area contributed by atoms with Crippen molar-refractivity contribution in [2.45, 2.75) is 32.4 Å². The summed E-state index contributed by atoms with van der Waals surface area (Å²) >= 11 is 0. The Balaban J connectivity index is 1.80. The molecule has 0 spiro atoms. The standard InChI is InChI=1S/C6H12B/c1-7-5-4-6-2-3-6/h6H,2-5H2,1H3. The maximum atomic E-state index is 2.26. The van der Waals surface area contributed by atoms with Crippen molar-refractivity contribution in [2.24, 2.45) is 5.92 Å². The summed E-state index contributed by atoms with van der Waals surface area (Å²) in [5.41, 5.74) is 0. The molecule has 0 unspecified atom stereocenters. The van der Waals surface area contributed by atoms with Gasteiger partial charge in [0.1, 0.15) is 7.28 Å². The van der Waals surface area contributed by atoms with Gasteiger partial charge in [-0.1, -0.05) is 32.4 Å². The lowest BCUT2D eigenvalue weighted by Gasteiger charge is -1.87. The second kappa shape index (κ2) is 2.39. The molecule has 0 aromatic heterocycles. The van der Waals surface area contributed by atoms with E-state index < -0.39 is 0 Å². The maximum Gasteiger partial charge on any atom is 0.105 e. The largest absolute Gasteiger partial charge is 0.105 e. The van der Waals surface area contributed by atoms with E-state index >= 15 is 0 Å². The minimum atomic E-state index is 1.12. The molecule has 0 heterocycles. The molecule has 1 saturated carbocycles. The molecule has 1 radical (unpaired) electrons. The van der Waals surface area contributed by atoms with Gasteiger partial charge in [-0.3, -0.25) is 0 Å². The fraction of sp³-hybridized carbons (Fsp3) is 1.00. The van der Waals surface area contributed by atoms with Gasteiger partial charge in [0.2, 0.25) is 0 Å². The van der Waals surface area contributed by atoms with Crippen LogP contribution in [0.25, 0.3) is 0 Å². The lowest BCUT2D eigenvalue weighted by molar-refractivity contribution is 0.795. The molecule has 0 saturated heterocycles. The fourth-order valence-electron chi connectivity index (χ4n) is 0.809. The first-order chi connectivity index (χ1) is 3.43. The fourth-order valence-corrected chi connectivity index (χ4v) is 0.809. The van der Waals surface area contributed by atoms with Crippen LogP contribution in [-0.2, 0) is 0 Å². The molecule has 1 aliphatic rings. The van der Waals surface area contributed by atoms with Crippen molar-refractivity contribution >= 4 is 7.28 Å². The van der Waals surface area contributed by atoms with E-state index in [9.17, 15) is 0 Å². The minimum Gasteiger partial charge on any atom is -0.0920 e. The average molecular weight is 95.0 g/mol. The van der Waals surface area contributed by atoms with Crippen molar-refractivity contribution in [2.75, 3.05) is 0 Å². The normalized spacial score (nSPS) is 19.6. The van der Waals surface area contributed by atoms with Crippen LogP contribution >= 0.6 is 0 Å². The summed E-state index contributed by atoms with van der Waals surface area (Å²) in [6.45, 7) is 2.14. The van der Waals surface area contributed by atoms with E-state index in [2.05, 4.69) is 14.1 Å².